The first-order valence-electron chi connectivity index (χ1n) is 12.8. The van der Waals surface area contributed by atoms with Gasteiger partial charge in [0.25, 0.3) is 0 Å². The lowest BCUT2D eigenvalue weighted by molar-refractivity contribution is 0.0406. The summed E-state index contributed by atoms with van der Waals surface area (Å²) in [5, 5.41) is 0. The first-order valence-corrected chi connectivity index (χ1v) is 12.8. The summed E-state index contributed by atoms with van der Waals surface area (Å²) < 4.78 is 35.2. The first kappa shape index (κ1) is 28.1. The topological polar surface area (TPSA) is 55.4 Å². The molecule has 0 N–H and O–H groups in total. The van der Waals surface area contributed by atoms with Crippen LogP contribution in [-0.4, -0.2) is 48.3 Å². The minimum absolute atomic E-state index is 0.214. The third-order valence-electron chi connectivity index (χ3n) is 7.85. The molecule has 4 rings (SSSR count). The molecule has 0 amide bonds. The van der Waals surface area contributed by atoms with Gasteiger partial charge in [0.15, 0.2) is 0 Å². The second-order valence-electron chi connectivity index (χ2n) is 9.68. The zero-order chi connectivity index (χ0) is 28.3. The number of rotatable bonds is 9. The summed E-state index contributed by atoms with van der Waals surface area (Å²) in [6.45, 7) is 6.44. The minimum Gasteiger partial charge on any atom is -0.497 e. The van der Waals surface area contributed by atoms with Crippen molar-refractivity contribution in [2.24, 2.45) is 0 Å². The van der Waals surface area contributed by atoms with Gasteiger partial charge in [-0.2, -0.15) is 0 Å². The van der Waals surface area contributed by atoms with Crippen LogP contribution in [0.4, 0.5) is 0 Å². The van der Waals surface area contributed by atoms with Crippen LogP contribution in [0.5, 0.6) is 28.7 Å². The Balaban J connectivity index is 2.14. The Hall–Kier alpha value is -3.90. The Morgan fingerprint density at radius 1 is 0.615 bits per heavy atom. The van der Waals surface area contributed by atoms with Crippen molar-refractivity contribution in [2.45, 2.75) is 32.3 Å². The second-order valence-corrected chi connectivity index (χ2v) is 9.68. The van der Waals surface area contributed by atoms with E-state index in [2.05, 4.69) is 39.0 Å². The largest absolute Gasteiger partial charge is 0.497 e. The lowest BCUT2D eigenvalue weighted by atomic mass is 9.64. The van der Waals surface area contributed by atoms with Gasteiger partial charge in [-0.15, -0.1) is 0 Å². The molecule has 0 radical (unpaired) electrons. The molecule has 2 atom stereocenters. The van der Waals surface area contributed by atoms with Gasteiger partial charge in [0.1, 0.15) is 34.3 Å². The van der Waals surface area contributed by atoms with E-state index in [0.29, 0.717) is 0 Å². The molecule has 0 heterocycles. The molecule has 0 saturated heterocycles. The predicted molar refractivity (Wildman–Crippen MR) is 155 cm³/mol. The average molecular weight is 531 g/mol. The van der Waals surface area contributed by atoms with Crippen LogP contribution in [-0.2, 0) is 4.74 Å². The van der Waals surface area contributed by atoms with Crippen LogP contribution in [0.3, 0.4) is 0 Å². The molecule has 1 aliphatic rings. The molecule has 0 aromatic heterocycles. The third-order valence-corrected chi connectivity index (χ3v) is 7.85. The predicted octanol–water partition coefficient (Wildman–Crippen LogP) is 7.18. The van der Waals surface area contributed by atoms with Gasteiger partial charge in [-0.25, -0.2) is 0 Å². The van der Waals surface area contributed by atoms with Crippen LogP contribution in [0.1, 0.15) is 43.4 Å². The molecule has 0 aliphatic heterocycles. The SMILES string of the molecule is COc1ccc(C2=C(C)C(c3ccc(OC)cc3OC)C(C)(OC)C(c3ccccc3OC)=C2C)c(OC)c1. The molecule has 206 valence electrons. The zero-order valence-electron chi connectivity index (χ0n) is 24.3. The lowest BCUT2D eigenvalue weighted by Gasteiger charge is -2.46. The summed E-state index contributed by atoms with van der Waals surface area (Å²) in [5.74, 6) is 3.46. The molecule has 0 spiro atoms. The highest BCUT2D eigenvalue weighted by atomic mass is 16.5. The summed E-state index contributed by atoms with van der Waals surface area (Å²) in [5.41, 5.74) is 6.47. The maximum Gasteiger partial charge on any atom is 0.130 e. The summed E-state index contributed by atoms with van der Waals surface area (Å²) in [4.78, 5) is 0. The van der Waals surface area contributed by atoms with Gasteiger partial charge < -0.3 is 28.4 Å². The number of hydrogen-bond acceptors (Lipinski definition) is 6. The normalized spacial score (nSPS) is 19.2. The zero-order valence-corrected chi connectivity index (χ0v) is 24.3. The number of benzene rings is 3. The fourth-order valence-electron chi connectivity index (χ4n) is 6.04. The Morgan fingerprint density at radius 3 is 1.79 bits per heavy atom. The minimum atomic E-state index is -0.770. The molecule has 1 aliphatic carbocycles. The van der Waals surface area contributed by atoms with Crippen LogP contribution in [0.25, 0.3) is 11.1 Å². The van der Waals surface area contributed by atoms with Crippen molar-refractivity contribution in [3.8, 4) is 28.7 Å². The molecule has 0 fully saturated rings. The number of allylic oxidation sites excluding steroid dienone is 2. The molecule has 6 heteroatoms. The maximum atomic E-state index is 6.50. The van der Waals surface area contributed by atoms with Crippen molar-refractivity contribution >= 4 is 11.1 Å². The average Bonchev–Trinajstić information content (AvgIpc) is 2.97. The maximum absolute atomic E-state index is 6.50. The molecule has 2 unspecified atom stereocenters. The van der Waals surface area contributed by atoms with E-state index >= 15 is 0 Å². The molecule has 6 nitrogen and oxygen atoms in total. The second kappa shape index (κ2) is 11.5. The van der Waals surface area contributed by atoms with Gasteiger partial charge in [-0.3, -0.25) is 0 Å². The molecule has 39 heavy (non-hydrogen) atoms. The van der Waals surface area contributed by atoms with E-state index in [1.54, 1.807) is 42.7 Å². The van der Waals surface area contributed by atoms with Crippen molar-refractivity contribution in [1.29, 1.82) is 0 Å². The molecular formula is C33H38O6. The third kappa shape index (κ3) is 4.74. The quantitative estimate of drug-likeness (QED) is 0.292. The summed E-state index contributed by atoms with van der Waals surface area (Å²) in [6, 6.07) is 19.9. The van der Waals surface area contributed by atoms with E-state index in [1.165, 1.54) is 0 Å². The van der Waals surface area contributed by atoms with E-state index < -0.39 is 5.60 Å². The summed E-state index contributed by atoms with van der Waals surface area (Å²) in [6.07, 6.45) is 0. The van der Waals surface area contributed by atoms with Crippen LogP contribution in [0.15, 0.2) is 71.8 Å². The first-order chi connectivity index (χ1) is 18.8. The number of ether oxygens (including phenoxy) is 6. The highest BCUT2D eigenvalue weighted by Crippen LogP contribution is 2.57. The molecule has 3 aromatic rings. The van der Waals surface area contributed by atoms with E-state index in [1.807, 2.05) is 42.5 Å². The number of hydrogen-bond donors (Lipinski definition) is 0. The van der Waals surface area contributed by atoms with E-state index in [9.17, 15) is 0 Å². The summed E-state index contributed by atoms with van der Waals surface area (Å²) >= 11 is 0. The molecular weight excluding hydrogens is 492 g/mol. The van der Waals surface area contributed by atoms with Crippen molar-refractivity contribution in [3.05, 3.63) is 88.5 Å². The van der Waals surface area contributed by atoms with Gasteiger partial charge in [-0.05, 0) is 61.8 Å². The smallest absolute Gasteiger partial charge is 0.130 e. The van der Waals surface area contributed by atoms with Crippen LogP contribution >= 0.6 is 0 Å². The fraction of sp³-hybridized carbons (Fsp3) is 0.333. The molecule has 0 saturated carbocycles. The Bertz CT molecular complexity index is 1420. The van der Waals surface area contributed by atoms with Gasteiger partial charge in [0, 0.05) is 41.9 Å². The van der Waals surface area contributed by atoms with E-state index in [-0.39, 0.29) is 5.92 Å². The van der Waals surface area contributed by atoms with Crippen molar-refractivity contribution in [2.75, 3.05) is 42.7 Å². The standard InChI is InChI=1S/C33H38O6/c1-20-30(24-16-14-22(34-4)18-28(24)37-7)21(2)32(26-17-15-23(35-5)19-29(26)38-8)33(3,39-9)31(20)25-12-10-11-13-27(25)36-6/h10-19,32H,1-9H3. The molecule has 3 aromatic carbocycles. The van der Waals surface area contributed by atoms with Crippen LogP contribution in [0.2, 0.25) is 0 Å². The molecule has 0 bridgehead atoms. The number of para-hydroxylation sites is 1. The van der Waals surface area contributed by atoms with Crippen molar-refractivity contribution < 1.29 is 28.4 Å². The summed E-state index contributed by atoms with van der Waals surface area (Å²) in [7, 11) is 10.1. The van der Waals surface area contributed by atoms with Crippen LogP contribution in [0, 0.1) is 0 Å². The van der Waals surface area contributed by atoms with E-state index in [4.69, 9.17) is 28.4 Å². The van der Waals surface area contributed by atoms with E-state index in [0.717, 1.165) is 67.7 Å². The van der Waals surface area contributed by atoms with Crippen molar-refractivity contribution in [1.82, 2.24) is 0 Å². The number of methoxy groups -OCH3 is 6. The van der Waals surface area contributed by atoms with Gasteiger partial charge in [-0.1, -0.05) is 29.8 Å². The van der Waals surface area contributed by atoms with Crippen molar-refractivity contribution in [3.63, 3.8) is 0 Å². The lowest BCUT2D eigenvalue weighted by Crippen LogP contribution is -2.41. The highest BCUT2D eigenvalue weighted by molar-refractivity contribution is 5.98. The van der Waals surface area contributed by atoms with Gasteiger partial charge in [0.05, 0.1) is 35.5 Å². The highest BCUT2D eigenvalue weighted by Gasteiger charge is 2.48. The Labute approximate surface area is 231 Å². The Morgan fingerprint density at radius 2 is 1.21 bits per heavy atom. The monoisotopic (exact) mass is 530 g/mol. The Kier molecular flexibility index (Phi) is 8.26. The fourth-order valence-corrected chi connectivity index (χ4v) is 6.04. The van der Waals surface area contributed by atoms with Crippen LogP contribution < -0.4 is 23.7 Å². The van der Waals surface area contributed by atoms with Gasteiger partial charge in [0.2, 0.25) is 0 Å². The van der Waals surface area contributed by atoms with Gasteiger partial charge >= 0.3 is 0 Å².